The van der Waals surface area contributed by atoms with E-state index in [1.807, 2.05) is 33.8 Å². The van der Waals surface area contributed by atoms with Crippen molar-refractivity contribution in [2.45, 2.75) is 33.3 Å². The first-order valence-electron chi connectivity index (χ1n) is 5.70. The normalized spacial score (nSPS) is 18.8. The standard InChI is InChI=1S/C12H19N3O/c1-8(2)12(16)6-15(7-12)11-5-9(3)13-10(4)14-11/h5,8,16H,6-7H2,1-4H3. The molecule has 0 bridgehead atoms. The van der Waals surface area contributed by atoms with Crippen molar-refractivity contribution in [3.8, 4) is 0 Å². The third-order valence-corrected chi connectivity index (χ3v) is 3.28. The maximum Gasteiger partial charge on any atom is 0.132 e. The van der Waals surface area contributed by atoms with Crippen LogP contribution in [0, 0.1) is 19.8 Å². The smallest absolute Gasteiger partial charge is 0.132 e. The molecule has 4 heteroatoms. The zero-order valence-corrected chi connectivity index (χ0v) is 10.4. The van der Waals surface area contributed by atoms with Gasteiger partial charge in [0.05, 0.1) is 13.1 Å². The van der Waals surface area contributed by atoms with E-state index < -0.39 is 5.60 Å². The maximum absolute atomic E-state index is 10.2. The van der Waals surface area contributed by atoms with Crippen molar-refractivity contribution in [1.82, 2.24) is 9.97 Å². The Morgan fingerprint density at radius 2 is 1.94 bits per heavy atom. The van der Waals surface area contributed by atoms with Gasteiger partial charge in [-0.3, -0.25) is 0 Å². The molecule has 1 fully saturated rings. The zero-order valence-electron chi connectivity index (χ0n) is 10.4. The number of β-amino-alcohol motifs (C(OH)–C–C–N with tert-alkyl or cyclic N) is 1. The average Bonchev–Trinajstić information content (AvgIpc) is 2.10. The molecule has 0 amide bonds. The summed E-state index contributed by atoms with van der Waals surface area (Å²) in [6.07, 6.45) is 0. The summed E-state index contributed by atoms with van der Waals surface area (Å²) in [4.78, 5) is 10.7. The topological polar surface area (TPSA) is 49.2 Å². The van der Waals surface area contributed by atoms with Gasteiger partial charge in [0.1, 0.15) is 17.2 Å². The molecule has 4 nitrogen and oxygen atoms in total. The summed E-state index contributed by atoms with van der Waals surface area (Å²) in [6, 6.07) is 1.97. The molecule has 88 valence electrons. The van der Waals surface area contributed by atoms with Crippen LogP contribution in [-0.4, -0.2) is 33.8 Å². The van der Waals surface area contributed by atoms with Crippen LogP contribution >= 0.6 is 0 Å². The van der Waals surface area contributed by atoms with Crippen LogP contribution in [0.5, 0.6) is 0 Å². The number of hydrogen-bond acceptors (Lipinski definition) is 4. The van der Waals surface area contributed by atoms with Crippen molar-refractivity contribution in [1.29, 1.82) is 0 Å². The third kappa shape index (κ3) is 1.89. The van der Waals surface area contributed by atoms with E-state index in [1.165, 1.54) is 0 Å². The Bertz CT molecular complexity index is 377. The van der Waals surface area contributed by atoms with Gasteiger partial charge in [0.2, 0.25) is 0 Å². The lowest BCUT2D eigenvalue weighted by atomic mass is 9.83. The molecule has 0 atom stereocenters. The number of aliphatic hydroxyl groups is 1. The van der Waals surface area contributed by atoms with E-state index in [1.54, 1.807) is 0 Å². The Hall–Kier alpha value is -1.16. The third-order valence-electron chi connectivity index (χ3n) is 3.28. The van der Waals surface area contributed by atoms with Gasteiger partial charge in [-0.05, 0) is 19.8 Å². The summed E-state index contributed by atoms with van der Waals surface area (Å²) >= 11 is 0. The van der Waals surface area contributed by atoms with Gasteiger partial charge >= 0.3 is 0 Å². The largest absolute Gasteiger partial charge is 0.386 e. The first-order chi connectivity index (χ1) is 7.40. The van der Waals surface area contributed by atoms with E-state index in [2.05, 4.69) is 14.9 Å². The van der Waals surface area contributed by atoms with Crippen LogP contribution in [0.4, 0.5) is 5.82 Å². The highest BCUT2D eigenvalue weighted by molar-refractivity contribution is 5.44. The van der Waals surface area contributed by atoms with Gasteiger partial charge in [-0.2, -0.15) is 0 Å². The lowest BCUT2D eigenvalue weighted by molar-refractivity contribution is -0.0304. The molecule has 0 saturated carbocycles. The van der Waals surface area contributed by atoms with Gasteiger partial charge in [0.15, 0.2) is 0 Å². The van der Waals surface area contributed by atoms with Gasteiger partial charge in [0, 0.05) is 11.8 Å². The number of aryl methyl sites for hydroxylation is 2. The number of hydrogen-bond donors (Lipinski definition) is 1. The predicted molar refractivity (Wildman–Crippen MR) is 63.5 cm³/mol. The van der Waals surface area contributed by atoms with Crippen molar-refractivity contribution >= 4 is 5.82 Å². The summed E-state index contributed by atoms with van der Waals surface area (Å²) in [5.74, 6) is 2.00. The van der Waals surface area contributed by atoms with Crippen molar-refractivity contribution in [3.05, 3.63) is 17.6 Å². The highest BCUT2D eigenvalue weighted by Gasteiger charge is 2.44. The Morgan fingerprint density at radius 3 is 2.44 bits per heavy atom. The van der Waals surface area contributed by atoms with Crippen LogP contribution in [0.15, 0.2) is 6.07 Å². The molecule has 2 heterocycles. The SMILES string of the molecule is Cc1cc(N2CC(O)(C(C)C)C2)nc(C)n1. The van der Waals surface area contributed by atoms with Crippen LogP contribution < -0.4 is 4.90 Å². The second-order valence-corrected chi connectivity index (χ2v) is 5.03. The predicted octanol–water partition coefficient (Wildman–Crippen LogP) is 1.30. The molecule has 0 aromatic carbocycles. The van der Waals surface area contributed by atoms with E-state index in [-0.39, 0.29) is 5.92 Å². The molecule has 0 spiro atoms. The Kier molecular flexibility index (Phi) is 2.62. The number of nitrogens with zero attached hydrogens (tertiary/aromatic N) is 3. The highest BCUT2D eigenvalue weighted by atomic mass is 16.3. The zero-order chi connectivity index (χ0) is 11.9. The molecule has 1 aliphatic heterocycles. The molecule has 0 unspecified atom stereocenters. The van der Waals surface area contributed by atoms with Crippen molar-refractivity contribution in [2.24, 2.45) is 5.92 Å². The summed E-state index contributed by atoms with van der Waals surface area (Å²) in [5.41, 5.74) is 0.426. The van der Waals surface area contributed by atoms with E-state index in [9.17, 15) is 5.11 Å². The number of anilines is 1. The summed E-state index contributed by atoms with van der Waals surface area (Å²) in [5, 5.41) is 10.2. The molecule has 1 N–H and O–H groups in total. The van der Waals surface area contributed by atoms with Gasteiger partial charge in [-0.25, -0.2) is 9.97 Å². The second kappa shape index (κ2) is 3.70. The molecule has 1 aromatic rings. The Morgan fingerprint density at radius 1 is 1.31 bits per heavy atom. The molecule has 2 rings (SSSR count). The fourth-order valence-corrected chi connectivity index (χ4v) is 2.00. The molecule has 1 saturated heterocycles. The summed E-state index contributed by atoms with van der Waals surface area (Å²) in [7, 11) is 0. The molecular formula is C12H19N3O. The van der Waals surface area contributed by atoms with Gasteiger partial charge in [0.25, 0.3) is 0 Å². The Labute approximate surface area is 96.3 Å². The van der Waals surface area contributed by atoms with Crippen LogP contribution in [-0.2, 0) is 0 Å². The van der Waals surface area contributed by atoms with E-state index in [0.717, 1.165) is 17.3 Å². The minimum Gasteiger partial charge on any atom is -0.386 e. The fourth-order valence-electron chi connectivity index (χ4n) is 2.00. The fraction of sp³-hybridized carbons (Fsp3) is 0.667. The van der Waals surface area contributed by atoms with Gasteiger partial charge in [-0.1, -0.05) is 13.8 Å². The van der Waals surface area contributed by atoms with Crippen molar-refractivity contribution < 1.29 is 5.11 Å². The molecule has 16 heavy (non-hydrogen) atoms. The minimum atomic E-state index is -0.549. The van der Waals surface area contributed by atoms with E-state index in [0.29, 0.717) is 13.1 Å². The van der Waals surface area contributed by atoms with Crippen molar-refractivity contribution in [3.63, 3.8) is 0 Å². The lowest BCUT2D eigenvalue weighted by Gasteiger charge is -2.49. The second-order valence-electron chi connectivity index (χ2n) is 5.03. The summed E-state index contributed by atoms with van der Waals surface area (Å²) in [6.45, 7) is 9.29. The summed E-state index contributed by atoms with van der Waals surface area (Å²) < 4.78 is 0. The molecule has 0 aliphatic carbocycles. The lowest BCUT2D eigenvalue weighted by Crippen LogP contribution is -2.65. The monoisotopic (exact) mass is 221 g/mol. The number of rotatable bonds is 2. The van der Waals surface area contributed by atoms with E-state index >= 15 is 0 Å². The van der Waals surface area contributed by atoms with Crippen LogP contribution in [0.2, 0.25) is 0 Å². The molecular weight excluding hydrogens is 202 g/mol. The molecule has 1 aliphatic rings. The van der Waals surface area contributed by atoms with Crippen LogP contribution in [0.3, 0.4) is 0 Å². The van der Waals surface area contributed by atoms with Crippen LogP contribution in [0.1, 0.15) is 25.4 Å². The van der Waals surface area contributed by atoms with Gasteiger partial charge in [-0.15, -0.1) is 0 Å². The molecule has 1 aromatic heterocycles. The highest BCUT2D eigenvalue weighted by Crippen LogP contribution is 2.31. The average molecular weight is 221 g/mol. The maximum atomic E-state index is 10.2. The van der Waals surface area contributed by atoms with Crippen LogP contribution in [0.25, 0.3) is 0 Å². The Balaban J connectivity index is 2.12. The molecule has 0 radical (unpaired) electrons. The van der Waals surface area contributed by atoms with Crippen molar-refractivity contribution in [2.75, 3.05) is 18.0 Å². The number of aromatic nitrogens is 2. The van der Waals surface area contributed by atoms with Gasteiger partial charge < -0.3 is 10.0 Å². The van der Waals surface area contributed by atoms with E-state index in [4.69, 9.17) is 0 Å². The first kappa shape index (κ1) is 11.3. The first-order valence-corrected chi connectivity index (χ1v) is 5.70. The quantitative estimate of drug-likeness (QED) is 0.818. The minimum absolute atomic E-state index is 0.285.